The second-order valence-electron chi connectivity index (χ2n) is 6.30. The zero-order valence-electron chi connectivity index (χ0n) is 14.0. The Labute approximate surface area is 143 Å². The number of fused-ring (bicyclic) bond motifs is 2. The van der Waals surface area contributed by atoms with Gasteiger partial charge in [0.1, 0.15) is 12.4 Å². The maximum absolute atomic E-state index is 12.5. The molecule has 0 aliphatic carbocycles. The quantitative estimate of drug-likeness (QED) is 0.757. The fourth-order valence-electron chi connectivity index (χ4n) is 3.12. The summed E-state index contributed by atoms with van der Waals surface area (Å²) in [5.41, 5.74) is 2.61. The number of hydrogen-bond acceptors (Lipinski definition) is 4. The number of aryl methyl sites for hydroxylation is 1. The largest absolute Gasteiger partial charge is 0.321 e. The molecule has 2 amide bonds. The van der Waals surface area contributed by atoms with Gasteiger partial charge in [-0.05, 0) is 18.6 Å². The highest BCUT2D eigenvalue weighted by atomic mass is 16.2. The van der Waals surface area contributed by atoms with Crippen molar-refractivity contribution in [2.45, 2.75) is 19.9 Å². The van der Waals surface area contributed by atoms with Gasteiger partial charge < -0.3 is 15.2 Å². The van der Waals surface area contributed by atoms with E-state index in [1.54, 1.807) is 22.6 Å². The Balaban J connectivity index is 1.56. The van der Waals surface area contributed by atoms with Crippen LogP contribution in [0.25, 0.3) is 11.0 Å². The van der Waals surface area contributed by atoms with Gasteiger partial charge in [-0.3, -0.25) is 14.3 Å². The van der Waals surface area contributed by atoms with Gasteiger partial charge in [0.15, 0.2) is 5.82 Å². The maximum atomic E-state index is 12.5. The molecule has 8 heteroatoms. The van der Waals surface area contributed by atoms with Gasteiger partial charge in [-0.2, -0.15) is 5.10 Å². The molecular weight excluding hydrogens is 320 g/mol. The first kappa shape index (κ1) is 15.4. The van der Waals surface area contributed by atoms with E-state index in [9.17, 15) is 9.59 Å². The Morgan fingerprint density at radius 2 is 2.20 bits per heavy atom. The molecule has 8 nitrogen and oxygen atoms in total. The first-order valence-electron chi connectivity index (χ1n) is 8.09. The molecule has 0 bridgehead atoms. The number of aromatic nitrogens is 4. The molecule has 25 heavy (non-hydrogen) atoms. The molecular formula is C17H18N6O2. The van der Waals surface area contributed by atoms with Crippen molar-refractivity contribution in [3.63, 3.8) is 0 Å². The average Bonchev–Trinajstić information content (AvgIpc) is 3.11. The third-order valence-corrected chi connectivity index (χ3v) is 4.44. The van der Waals surface area contributed by atoms with Crippen molar-refractivity contribution in [3.8, 4) is 0 Å². The summed E-state index contributed by atoms with van der Waals surface area (Å²) in [6.45, 7) is 2.00. The van der Waals surface area contributed by atoms with Gasteiger partial charge in [0.25, 0.3) is 0 Å². The molecule has 0 unspecified atom stereocenters. The van der Waals surface area contributed by atoms with Crippen molar-refractivity contribution in [3.05, 3.63) is 36.2 Å². The molecule has 128 valence electrons. The molecule has 0 fully saturated rings. The fourth-order valence-corrected chi connectivity index (χ4v) is 3.12. The number of benzene rings is 1. The standard InChI is InChI=1S/C17H18N6O2/c1-10-7-11-15(21-22(2)16(11)20-17(10)25)19-14(24)8-23-9-18-12-5-3-4-6-13(12)23/h3-6,9-10H,7-8H2,1-2H3,(H,20,25)(H,19,21,24)/t10-/m1/s1. The number of anilines is 2. The summed E-state index contributed by atoms with van der Waals surface area (Å²) in [6.07, 6.45) is 2.21. The summed E-state index contributed by atoms with van der Waals surface area (Å²) < 4.78 is 3.38. The number of carbonyl (C=O) groups excluding carboxylic acids is 2. The third-order valence-electron chi connectivity index (χ3n) is 4.44. The van der Waals surface area contributed by atoms with Crippen molar-refractivity contribution >= 4 is 34.5 Å². The predicted molar refractivity (Wildman–Crippen MR) is 93.1 cm³/mol. The van der Waals surface area contributed by atoms with Gasteiger partial charge in [-0.15, -0.1) is 0 Å². The van der Waals surface area contributed by atoms with E-state index in [1.165, 1.54) is 0 Å². The fraction of sp³-hybridized carbons (Fsp3) is 0.294. The zero-order valence-corrected chi connectivity index (χ0v) is 14.0. The minimum Gasteiger partial charge on any atom is -0.321 e. The number of hydrogen-bond donors (Lipinski definition) is 2. The molecule has 0 saturated carbocycles. The van der Waals surface area contributed by atoms with Crippen molar-refractivity contribution in [2.24, 2.45) is 13.0 Å². The molecule has 0 radical (unpaired) electrons. The summed E-state index contributed by atoms with van der Waals surface area (Å²) in [5, 5.41) is 10.0. The highest BCUT2D eigenvalue weighted by molar-refractivity contribution is 5.98. The summed E-state index contributed by atoms with van der Waals surface area (Å²) in [4.78, 5) is 28.6. The van der Waals surface area contributed by atoms with Crippen LogP contribution >= 0.6 is 0 Å². The van der Waals surface area contributed by atoms with Gasteiger partial charge in [-0.1, -0.05) is 19.1 Å². The zero-order chi connectivity index (χ0) is 17.6. The Bertz CT molecular complexity index is 986. The number of rotatable bonds is 3. The highest BCUT2D eigenvalue weighted by Crippen LogP contribution is 2.31. The predicted octanol–water partition coefficient (Wildman–Crippen LogP) is 1.54. The lowest BCUT2D eigenvalue weighted by atomic mass is 9.98. The van der Waals surface area contributed by atoms with Crippen LogP contribution < -0.4 is 10.6 Å². The van der Waals surface area contributed by atoms with Crippen LogP contribution in [0.5, 0.6) is 0 Å². The lowest BCUT2D eigenvalue weighted by Crippen LogP contribution is -2.29. The van der Waals surface area contributed by atoms with Crippen LogP contribution in [0.3, 0.4) is 0 Å². The average molecular weight is 338 g/mol. The number of carbonyl (C=O) groups is 2. The molecule has 2 N–H and O–H groups in total. The molecule has 1 atom stereocenters. The number of para-hydroxylation sites is 2. The van der Waals surface area contributed by atoms with Crippen molar-refractivity contribution in [1.29, 1.82) is 0 Å². The van der Waals surface area contributed by atoms with E-state index in [2.05, 4.69) is 20.7 Å². The topological polar surface area (TPSA) is 93.8 Å². The van der Waals surface area contributed by atoms with Crippen molar-refractivity contribution in [2.75, 3.05) is 10.6 Å². The summed E-state index contributed by atoms with van der Waals surface area (Å²) in [5.74, 6) is 0.780. The Morgan fingerprint density at radius 1 is 1.40 bits per heavy atom. The monoisotopic (exact) mass is 338 g/mol. The molecule has 4 rings (SSSR count). The van der Waals surface area contributed by atoms with Crippen molar-refractivity contribution < 1.29 is 9.59 Å². The van der Waals surface area contributed by atoms with Crippen LogP contribution in [0.4, 0.5) is 11.6 Å². The minimum absolute atomic E-state index is 0.0294. The van der Waals surface area contributed by atoms with E-state index in [4.69, 9.17) is 0 Å². The van der Waals surface area contributed by atoms with Crippen LogP contribution in [-0.2, 0) is 29.6 Å². The van der Waals surface area contributed by atoms with E-state index in [0.717, 1.165) is 16.6 Å². The van der Waals surface area contributed by atoms with E-state index < -0.39 is 0 Å². The van der Waals surface area contributed by atoms with E-state index in [1.807, 2.05) is 31.2 Å². The second-order valence-corrected chi connectivity index (χ2v) is 6.30. The van der Waals surface area contributed by atoms with Crippen LogP contribution in [0.1, 0.15) is 12.5 Å². The molecule has 3 aromatic rings. The molecule has 0 spiro atoms. The SMILES string of the molecule is C[C@@H]1Cc2c(NC(=O)Cn3cnc4ccccc43)nn(C)c2NC1=O. The van der Waals surface area contributed by atoms with Gasteiger partial charge >= 0.3 is 0 Å². The normalized spacial score (nSPS) is 16.6. The van der Waals surface area contributed by atoms with Crippen LogP contribution in [-0.4, -0.2) is 31.1 Å². The molecule has 2 aromatic heterocycles. The second kappa shape index (κ2) is 5.73. The number of imidazole rings is 1. The van der Waals surface area contributed by atoms with Gasteiger partial charge in [0.2, 0.25) is 11.8 Å². The summed E-state index contributed by atoms with van der Waals surface area (Å²) in [6, 6.07) is 7.66. The lowest BCUT2D eigenvalue weighted by Gasteiger charge is -2.19. The van der Waals surface area contributed by atoms with Gasteiger partial charge in [-0.25, -0.2) is 4.98 Å². The third kappa shape index (κ3) is 2.65. The van der Waals surface area contributed by atoms with E-state index >= 15 is 0 Å². The van der Waals surface area contributed by atoms with Crippen LogP contribution in [0, 0.1) is 5.92 Å². The molecule has 1 aliphatic heterocycles. The van der Waals surface area contributed by atoms with E-state index in [0.29, 0.717) is 18.1 Å². The molecule has 1 aliphatic rings. The van der Waals surface area contributed by atoms with Gasteiger partial charge in [0.05, 0.1) is 17.4 Å². The summed E-state index contributed by atoms with van der Waals surface area (Å²) >= 11 is 0. The van der Waals surface area contributed by atoms with E-state index in [-0.39, 0.29) is 24.3 Å². The van der Waals surface area contributed by atoms with Crippen LogP contribution in [0.15, 0.2) is 30.6 Å². The Hall–Kier alpha value is -3.16. The lowest BCUT2D eigenvalue weighted by molar-refractivity contribution is -0.119. The molecule has 0 saturated heterocycles. The smallest absolute Gasteiger partial charge is 0.245 e. The van der Waals surface area contributed by atoms with Gasteiger partial charge in [0, 0.05) is 18.5 Å². The highest BCUT2D eigenvalue weighted by Gasteiger charge is 2.29. The number of nitrogens with zero attached hydrogens (tertiary/aromatic N) is 4. The maximum Gasteiger partial charge on any atom is 0.245 e. The van der Waals surface area contributed by atoms with Crippen LogP contribution in [0.2, 0.25) is 0 Å². The minimum atomic E-state index is -0.186. The molecule has 1 aromatic carbocycles. The first-order valence-corrected chi connectivity index (χ1v) is 8.09. The molecule has 3 heterocycles. The van der Waals surface area contributed by atoms with Crippen molar-refractivity contribution in [1.82, 2.24) is 19.3 Å². The number of nitrogens with one attached hydrogen (secondary N) is 2. The number of amides is 2. The Kier molecular flexibility index (Phi) is 3.52. The first-order chi connectivity index (χ1) is 12.0. The Morgan fingerprint density at radius 3 is 3.04 bits per heavy atom. The summed E-state index contributed by atoms with van der Waals surface area (Å²) in [7, 11) is 1.74.